The minimum atomic E-state index is -6.58. The highest BCUT2D eigenvalue weighted by Gasteiger charge is 2.73. The van der Waals surface area contributed by atoms with E-state index in [4.69, 9.17) is 4.74 Å². The molecule has 224 valence electrons. The van der Waals surface area contributed by atoms with Crippen LogP contribution >= 0.6 is 0 Å². The molecule has 0 bridgehead atoms. The van der Waals surface area contributed by atoms with Gasteiger partial charge in [0.25, 0.3) is 0 Å². The Morgan fingerprint density at radius 2 is 1.37 bits per heavy atom. The van der Waals surface area contributed by atoms with E-state index in [-0.39, 0.29) is 28.1 Å². The van der Waals surface area contributed by atoms with Gasteiger partial charge in [0.1, 0.15) is 24.0 Å². The number of nitrogens with one attached hydrogen (secondary N) is 1. The van der Waals surface area contributed by atoms with E-state index in [0.717, 1.165) is 24.3 Å². The monoisotopic (exact) mass is 605 g/mol. The number of hydrogen-bond acceptors (Lipinski definition) is 3. The quantitative estimate of drug-likeness (QED) is 0.232. The molecule has 3 aromatic rings. The van der Waals surface area contributed by atoms with Crippen LogP contribution in [0.15, 0.2) is 60.7 Å². The van der Waals surface area contributed by atoms with Gasteiger partial charge < -0.3 is 15.2 Å². The molecule has 0 aromatic heterocycles. The average Bonchev–Trinajstić information content (AvgIpc) is 2.85. The van der Waals surface area contributed by atoms with Gasteiger partial charge in [0.05, 0.1) is 0 Å². The van der Waals surface area contributed by atoms with E-state index in [0.29, 0.717) is 18.2 Å². The lowest BCUT2D eigenvalue weighted by Gasteiger charge is -2.28. The van der Waals surface area contributed by atoms with Crippen LogP contribution in [0.2, 0.25) is 0 Å². The Morgan fingerprint density at radius 3 is 1.95 bits per heavy atom. The molecular formula is C26H19F12NO2. The SMILES string of the molecule is O[C@H](CNc1cccc(OCc2cc(F)cc(F)c2)c1Cc1cccc(C(F)(F)C(F)(F)C(F)(F)F)c1)C(F)(F)F. The first-order valence-corrected chi connectivity index (χ1v) is 11.4. The number of hydrogen-bond donors (Lipinski definition) is 2. The lowest BCUT2D eigenvalue weighted by atomic mass is 9.96. The number of benzene rings is 3. The molecular weight excluding hydrogens is 586 g/mol. The van der Waals surface area contributed by atoms with Gasteiger partial charge in [-0.15, -0.1) is 0 Å². The summed E-state index contributed by atoms with van der Waals surface area (Å²) in [4.78, 5) is 0. The van der Waals surface area contributed by atoms with Gasteiger partial charge in [-0.2, -0.15) is 43.9 Å². The van der Waals surface area contributed by atoms with E-state index in [1.165, 1.54) is 18.2 Å². The lowest BCUT2D eigenvalue weighted by molar-refractivity contribution is -0.359. The maximum atomic E-state index is 14.3. The number of ether oxygens (including phenoxy) is 1. The van der Waals surface area contributed by atoms with Crippen molar-refractivity contribution in [3.63, 3.8) is 0 Å². The Morgan fingerprint density at radius 1 is 0.756 bits per heavy atom. The third kappa shape index (κ3) is 7.37. The van der Waals surface area contributed by atoms with Gasteiger partial charge in [-0.1, -0.05) is 24.3 Å². The van der Waals surface area contributed by atoms with Gasteiger partial charge in [-0.3, -0.25) is 0 Å². The second-order valence-electron chi connectivity index (χ2n) is 8.81. The van der Waals surface area contributed by atoms with Crippen molar-refractivity contribution in [2.75, 3.05) is 11.9 Å². The van der Waals surface area contributed by atoms with E-state index in [9.17, 15) is 57.8 Å². The minimum Gasteiger partial charge on any atom is -0.489 e. The van der Waals surface area contributed by atoms with E-state index in [1.807, 2.05) is 0 Å². The predicted octanol–water partition coefficient (Wildman–Crippen LogP) is 7.76. The highest BCUT2D eigenvalue weighted by atomic mass is 19.4. The highest BCUT2D eigenvalue weighted by Crippen LogP contribution is 2.52. The van der Waals surface area contributed by atoms with Crippen LogP contribution in [0.3, 0.4) is 0 Å². The normalized spacial score (nSPS) is 13.7. The lowest BCUT2D eigenvalue weighted by Crippen LogP contribution is -2.50. The van der Waals surface area contributed by atoms with Crippen LogP contribution in [0.4, 0.5) is 58.4 Å². The van der Waals surface area contributed by atoms with Gasteiger partial charge in [-0.05, 0) is 41.5 Å². The smallest absolute Gasteiger partial charge is 0.460 e. The Hall–Kier alpha value is -3.62. The molecule has 41 heavy (non-hydrogen) atoms. The zero-order chi connectivity index (χ0) is 30.8. The van der Waals surface area contributed by atoms with Gasteiger partial charge in [0.15, 0.2) is 6.10 Å². The number of halogens is 12. The van der Waals surface area contributed by atoms with Crippen molar-refractivity contribution in [2.45, 2.75) is 43.3 Å². The van der Waals surface area contributed by atoms with Crippen molar-refractivity contribution in [1.29, 1.82) is 0 Å². The standard InChI is InChI=1S/C26H19F12NO2/c27-17-8-15(9-18(28)11-17)13-41-21-6-2-5-20(39-12-22(40)24(31,32)33)19(21)10-14-3-1-4-16(7-14)23(29,30)25(34,35)26(36,37)38/h1-9,11,22,39-40H,10,12-13H2/t22-/m1/s1. The van der Waals surface area contributed by atoms with Crippen LogP contribution < -0.4 is 10.1 Å². The van der Waals surface area contributed by atoms with Crippen molar-refractivity contribution in [1.82, 2.24) is 0 Å². The second kappa shape index (κ2) is 11.7. The fourth-order valence-corrected chi connectivity index (χ4v) is 3.67. The van der Waals surface area contributed by atoms with Gasteiger partial charge in [-0.25, -0.2) is 8.78 Å². The highest BCUT2D eigenvalue weighted by molar-refractivity contribution is 5.59. The molecule has 0 saturated heterocycles. The average molecular weight is 605 g/mol. The second-order valence-corrected chi connectivity index (χ2v) is 8.81. The first-order chi connectivity index (χ1) is 18.8. The molecule has 2 N–H and O–H groups in total. The molecule has 0 spiro atoms. The molecule has 3 aromatic carbocycles. The zero-order valence-corrected chi connectivity index (χ0v) is 20.4. The topological polar surface area (TPSA) is 41.5 Å². The minimum absolute atomic E-state index is 0.0182. The van der Waals surface area contributed by atoms with Crippen LogP contribution in [0.1, 0.15) is 22.3 Å². The van der Waals surface area contributed by atoms with Gasteiger partial charge >= 0.3 is 24.2 Å². The van der Waals surface area contributed by atoms with Crippen LogP contribution in [0, 0.1) is 11.6 Å². The van der Waals surface area contributed by atoms with E-state index in [2.05, 4.69) is 5.32 Å². The first-order valence-electron chi connectivity index (χ1n) is 11.4. The van der Waals surface area contributed by atoms with E-state index < -0.39 is 67.1 Å². The van der Waals surface area contributed by atoms with Crippen molar-refractivity contribution in [3.05, 3.63) is 94.6 Å². The third-order valence-corrected chi connectivity index (χ3v) is 5.73. The van der Waals surface area contributed by atoms with Crippen molar-refractivity contribution in [3.8, 4) is 5.75 Å². The summed E-state index contributed by atoms with van der Waals surface area (Å²) in [7, 11) is 0. The third-order valence-electron chi connectivity index (χ3n) is 5.73. The summed E-state index contributed by atoms with van der Waals surface area (Å²) in [6.07, 6.45) is -15.0. The Labute approximate surface area is 224 Å². The summed E-state index contributed by atoms with van der Waals surface area (Å²) < 4.78 is 165. The maximum absolute atomic E-state index is 14.3. The summed E-state index contributed by atoms with van der Waals surface area (Å²) >= 11 is 0. The summed E-state index contributed by atoms with van der Waals surface area (Å²) in [5.41, 5.74) is -2.23. The van der Waals surface area contributed by atoms with Crippen LogP contribution in [0.25, 0.3) is 0 Å². The van der Waals surface area contributed by atoms with Crippen LogP contribution in [-0.2, 0) is 19.0 Å². The molecule has 3 rings (SSSR count). The fourth-order valence-electron chi connectivity index (χ4n) is 3.67. The van der Waals surface area contributed by atoms with Gasteiger partial charge in [0, 0.05) is 35.8 Å². The largest absolute Gasteiger partial charge is 0.489 e. The number of alkyl halides is 10. The summed E-state index contributed by atoms with van der Waals surface area (Å²) in [6.45, 7) is -1.59. The number of aliphatic hydroxyl groups is 1. The molecule has 1 atom stereocenters. The predicted molar refractivity (Wildman–Crippen MR) is 122 cm³/mol. The molecule has 0 amide bonds. The molecule has 0 unspecified atom stereocenters. The molecule has 0 fully saturated rings. The Kier molecular flexibility index (Phi) is 9.11. The maximum Gasteiger partial charge on any atom is 0.460 e. The Balaban J connectivity index is 2.00. The van der Waals surface area contributed by atoms with Gasteiger partial charge in [0.2, 0.25) is 0 Å². The number of aliphatic hydroxyl groups excluding tert-OH is 1. The summed E-state index contributed by atoms with van der Waals surface area (Å²) in [6, 6.07) is 8.70. The van der Waals surface area contributed by atoms with Crippen molar-refractivity contribution >= 4 is 5.69 Å². The number of rotatable bonds is 10. The summed E-state index contributed by atoms with van der Waals surface area (Å²) in [5, 5.41) is 11.6. The van der Waals surface area contributed by atoms with Crippen LogP contribution in [-0.4, -0.2) is 36.0 Å². The molecule has 0 aliphatic heterocycles. The first kappa shape index (κ1) is 31.9. The molecule has 0 aliphatic rings. The van der Waals surface area contributed by atoms with E-state index >= 15 is 0 Å². The molecule has 0 heterocycles. The van der Waals surface area contributed by atoms with E-state index in [1.54, 1.807) is 0 Å². The molecule has 0 saturated carbocycles. The van der Waals surface area contributed by atoms with Crippen LogP contribution in [0.5, 0.6) is 5.75 Å². The zero-order valence-electron chi connectivity index (χ0n) is 20.4. The fraction of sp³-hybridized carbons (Fsp3) is 0.308. The number of anilines is 1. The molecule has 0 aliphatic carbocycles. The van der Waals surface area contributed by atoms with Crippen molar-refractivity contribution in [2.24, 2.45) is 0 Å². The summed E-state index contributed by atoms with van der Waals surface area (Å²) in [5.74, 6) is -14.2. The molecule has 0 radical (unpaired) electrons. The molecule has 15 heteroatoms. The Bertz CT molecular complexity index is 1330. The van der Waals surface area contributed by atoms with Crippen molar-refractivity contribution < 1.29 is 62.5 Å². The molecule has 3 nitrogen and oxygen atoms in total.